The molecular formula is C6H7NO3. The Balaban J connectivity index is 2.55. The molecule has 0 aliphatic carbocycles. The molecule has 0 spiro atoms. The minimum atomic E-state index is -0.186. The summed E-state index contributed by atoms with van der Waals surface area (Å²) in [5.41, 5.74) is 0. The fraction of sp³-hybridized carbons (Fsp3) is 0.500. The first-order chi connectivity index (χ1) is 4.84. The van der Waals surface area contributed by atoms with E-state index in [2.05, 4.69) is 0 Å². The van der Waals surface area contributed by atoms with Crippen LogP contribution in [0.5, 0.6) is 0 Å². The zero-order valence-electron chi connectivity index (χ0n) is 5.37. The largest absolute Gasteiger partial charge is 0.370 e. The van der Waals surface area contributed by atoms with Crippen LogP contribution in [0, 0.1) is 0 Å². The summed E-state index contributed by atoms with van der Waals surface area (Å²) < 4.78 is 4.82. The molecule has 0 saturated carbocycles. The van der Waals surface area contributed by atoms with E-state index in [0.29, 0.717) is 13.2 Å². The van der Waals surface area contributed by atoms with Gasteiger partial charge in [-0.2, -0.15) is 0 Å². The highest BCUT2D eigenvalue weighted by atomic mass is 16.5. The molecule has 10 heavy (non-hydrogen) atoms. The van der Waals surface area contributed by atoms with Gasteiger partial charge in [0.05, 0.1) is 12.8 Å². The highest BCUT2D eigenvalue weighted by Crippen LogP contribution is 1.96. The molecule has 0 bridgehead atoms. The van der Waals surface area contributed by atoms with Gasteiger partial charge in [0.15, 0.2) is 0 Å². The van der Waals surface area contributed by atoms with Crippen molar-refractivity contribution in [1.82, 2.24) is 4.90 Å². The van der Waals surface area contributed by atoms with Crippen molar-refractivity contribution in [1.29, 1.82) is 0 Å². The van der Waals surface area contributed by atoms with Crippen LogP contribution in [0.15, 0.2) is 6.20 Å². The van der Waals surface area contributed by atoms with E-state index in [1.54, 1.807) is 5.94 Å². The van der Waals surface area contributed by atoms with Crippen LogP contribution in [0.3, 0.4) is 0 Å². The van der Waals surface area contributed by atoms with E-state index in [9.17, 15) is 9.59 Å². The van der Waals surface area contributed by atoms with Gasteiger partial charge >= 0.3 is 0 Å². The van der Waals surface area contributed by atoms with Crippen molar-refractivity contribution in [3.63, 3.8) is 0 Å². The first-order valence-electron chi connectivity index (χ1n) is 2.93. The molecule has 0 N–H and O–H groups in total. The lowest BCUT2D eigenvalue weighted by molar-refractivity contribution is -0.139. The fourth-order valence-electron chi connectivity index (χ4n) is 0.730. The van der Waals surface area contributed by atoms with Gasteiger partial charge in [-0.05, 0) is 0 Å². The summed E-state index contributed by atoms with van der Waals surface area (Å²) in [4.78, 5) is 21.9. The summed E-state index contributed by atoms with van der Waals surface area (Å²) in [6, 6.07) is 0. The lowest BCUT2D eigenvalue weighted by Crippen LogP contribution is -2.37. The highest BCUT2D eigenvalue weighted by Gasteiger charge is 2.15. The first-order valence-corrected chi connectivity index (χ1v) is 2.93. The quantitative estimate of drug-likeness (QED) is 0.449. The van der Waals surface area contributed by atoms with Crippen LogP contribution < -0.4 is 0 Å². The number of carbonyl (C=O) groups is 1. The Labute approximate surface area is 58.1 Å². The standard InChI is InChI=1S/C6H7NO3/c8-3-1-7-2-4-10-5-6(7)9/h1H,2,4-5H2. The molecule has 0 unspecified atom stereocenters. The molecule has 1 saturated heterocycles. The maximum absolute atomic E-state index is 10.8. The summed E-state index contributed by atoms with van der Waals surface area (Å²) in [5, 5.41) is 0. The van der Waals surface area contributed by atoms with Gasteiger partial charge in [0, 0.05) is 6.54 Å². The zero-order chi connectivity index (χ0) is 7.40. The van der Waals surface area contributed by atoms with Gasteiger partial charge in [-0.3, -0.25) is 4.79 Å². The Morgan fingerprint density at radius 1 is 1.70 bits per heavy atom. The number of nitrogens with zero attached hydrogens (tertiary/aromatic N) is 1. The van der Waals surface area contributed by atoms with Gasteiger partial charge in [-0.15, -0.1) is 0 Å². The number of ether oxygens (including phenoxy) is 1. The normalized spacial score (nSPS) is 18.4. The number of hydrogen-bond donors (Lipinski definition) is 0. The second-order valence-corrected chi connectivity index (χ2v) is 1.89. The topological polar surface area (TPSA) is 46.6 Å². The molecule has 4 heteroatoms. The molecule has 0 radical (unpaired) electrons. The van der Waals surface area contributed by atoms with Gasteiger partial charge in [0.25, 0.3) is 5.91 Å². The maximum atomic E-state index is 10.8. The fourth-order valence-corrected chi connectivity index (χ4v) is 0.730. The Bertz CT molecular complexity index is 183. The molecule has 0 atom stereocenters. The van der Waals surface area contributed by atoms with E-state index in [1.807, 2.05) is 0 Å². The van der Waals surface area contributed by atoms with Crippen LogP contribution in [-0.2, 0) is 14.3 Å². The van der Waals surface area contributed by atoms with Crippen LogP contribution in [0.4, 0.5) is 0 Å². The Kier molecular flexibility index (Phi) is 2.20. The van der Waals surface area contributed by atoms with Gasteiger partial charge in [-0.25, -0.2) is 4.79 Å². The molecule has 1 aliphatic rings. The van der Waals surface area contributed by atoms with Crippen LogP contribution in [0.1, 0.15) is 0 Å². The molecule has 0 aromatic heterocycles. The molecule has 4 nitrogen and oxygen atoms in total. The van der Waals surface area contributed by atoms with E-state index in [4.69, 9.17) is 4.74 Å². The van der Waals surface area contributed by atoms with Gasteiger partial charge < -0.3 is 9.64 Å². The molecule has 1 rings (SSSR count). The average Bonchev–Trinajstić information content (AvgIpc) is 1.94. The maximum Gasteiger partial charge on any atom is 0.253 e. The van der Waals surface area contributed by atoms with Gasteiger partial charge in [0.2, 0.25) is 0 Å². The molecule has 1 heterocycles. The smallest absolute Gasteiger partial charge is 0.253 e. The van der Waals surface area contributed by atoms with Crippen LogP contribution >= 0.6 is 0 Å². The van der Waals surface area contributed by atoms with E-state index in [-0.39, 0.29) is 12.5 Å². The molecular weight excluding hydrogens is 134 g/mol. The van der Waals surface area contributed by atoms with Crippen molar-refractivity contribution in [3.05, 3.63) is 6.20 Å². The molecule has 1 aliphatic heterocycles. The van der Waals surface area contributed by atoms with E-state index in [0.717, 1.165) is 6.20 Å². The molecule has 54 valence electrons. The Morgan fingerprint density at radius 2 is 2.50 bits per heavy atom. The van der Waals surface area contributed by atoms with Crippen LogP contribution in [0.2, 0.25) is 0 Å². The molecule has 1 amide bonds. The number of carbonyl (C=O) groups excluding carboxylic acids is 2. The third kappa shape index (κ3) is 1.43. The van der Waals surface area contributed by atoms with Gasteiger partial charge in [-0.1, -0.05) is 0 Å². The third-order valence-electron chi connectivity index (χ3n) is 1.23. The number of rotatable bonds is 1. The minimum absolute atomic E-state index is 0.0676. The van der Waals surface area contributed by atoms with Crippen molar-refractivity contribution >= 4 is 11.8 Å². The van der Waals surface area contributed by atoms with Crippen molar-refractivity contribution < 1.29 is 14.3 Å². The molecule has 1 fully saturated rings. The molecule has 0 aromatic carbocycles. The summed E-state index contributed by atoms with van der Waals surface area (Å²) in [7, 11) is 0. The van der Waals surface area contributed by atoms with E-state index < -0.39 is 0 Å². The van der Waals surface area contributed by atoms with Crippen molar-refractivity contribution in [2.45, 2.75) is 0 Å². The predicted molar refractivity (Wildman–Crippen MR) is 32.8 cm³/mol. The summed E-state index contributed by atoms with van der Waals surface area (Å²) in [6.45, 7) is 1.01. The van der Waals surface area contributed by atoms with Crippen LogP contribution in [0.25, 0.3) is 0 Å². The number of hydrogen-bond acceptors (Lipinski definition) is 3. The average molecular weight is 141 g/mol. The Hall–Kier alpha value is -1.12. The van der Waals surface area contributed by atoms with Crippen molar-refractivity contribution in [2.75, 3.05) is 19.8 Å². The Morgan fingerprint density at radius 3 is 3.10 bits per heavy atom. The summed E-state index contributed by atoms with van der Waals surface area (Å²) >= 11 is 0. The monoisotopic (exact) mass is 141 g/mol. The lowest BCUT2D eigenvalue weighted by Gasteiger charge is -2.21. The van der Waals surface area contributed by atoms with E-state index in [1.165, 1.54) is 4.90 Å². The summed E-state index contributed by atoms with van der Waals surface area (Å²) in [6.07, 6.45) is 1.10. The molecule has 0 aromatic rings. The zero-order valence-corrected chi connectivity index (χ0v) is 5.37. The number of amides is 1. The predicted octanol–water partition coefficient (Wildman–Crippen LogP) is -0.810. The van der Waals surface area contributed by atoms with Crippen LogP contribution in [-0.4, -0.2) is 36.5 Å². The minimum Gasteiger partial charge on any atom is -0.370 e. The number of morpholine rings is 1. The van der Waals surface area contributed by atoms with E-state index >= 15 is 0 Å². The highest BCUT2D eigenvalue weighted by molar-refractivity contribution is 5.80. The summed E-state index contributed by atoms with van der Waals surface area (Å²) in [5.74, 6) is 1.36. The lowest BCUT2D eigenvalue weighted by atomic mass is 10.4. The van der Waals surface area contributed by atoms with Crippen molar-refractivity contribution in [3.8, 4) is 0 Å². The SMILES string of the molecule is O=C=CN1CCOCC1=O. The second kappa shape index (κ2) is 3.15. The van der Waals surface area contributed by atoms with Gasteiger partial charge in [0.1, 0.15) is 12.5 Å². The van der Waals surface area contributed by atoms with Crippen molar-refractivity contribution in [2.24, 2.45) is 0 Å². The third-order valence-corrected chi connectivity index (χ3v) is 1.23. The second-order valence-electron chi connectivity index (χ2n) is 1.89. The first kappa shape index (κ1) is 6.99.